The van der Waals surface area contributed by atoms with Crippen LogP contribution >= 0.6 is 0 Å². The monoisotopic (exact) mass is 325 g/mol. The molecule has 124 valence electrons. The lowest BCUT2D eigenvalue weighted by Gasteiger charge is -2.09. The van der Waals surface area contributed by atoms with Crippen LogP contribution < -0.4 is 10.7 Å². The van der Waals surface area contributed by atoms with E-state index in [1.807, 2.05) is 42.5 Å². The molecule has 1 heterocycles. The molecule has 2 aromatic carbocycles. The molecule has 1 fully saturated rings. The Kier molecular flexibility index (Phi) is 5.18. The number of carbonyl (C=O) groups excluding carboxylic acids is 2. The molecule has 2 aromatic rings. The van der Waals surface area contributed by atoms with E-state index in [9.17, 15) is 9.59 Å². The fourth-order valence-corrected chi connectivity index (χ4v) is 2.67. The summed E-state index contributed by atoms with van der Waals surface area (Å²) in [6, 6.07) is 13.7. The molecule has 1 aliphatic heterocycles. The minimum absolute atomic E-state index is 0.000865. The van der Waals surface area contributed by atoms with Crippen LogP contribution in [0.1, 0.15) is 18.4 Å². The topological polar surface area (TPSA) is 79.8 Å². The molecule has 1 saturated heterocycles. The number of hydrogen-bond donors (Lipinski definition) is 2. The molecule has 1 atom stereocenters. The van der Waals surface area contributed by atoms with E-state index in [0.29, 0.717) is 13.2 Å². The maximum Gasteiger partial charge on any atom is 0.329 e. The van der Waals surface area contributed by atoms with Crippen LogP contribution in [0.4, 0.5) is 0 Å². The summed E-state index contributed by atoms with van der Waals surface area (Å²) in [6.45, 7) is 1.06. The number of rotatable bonds is 4. The van der Waals surface area contributed by atoms with Gasteiger partial charge in [-0.2, -0.15) is 5.10 Å². The van der Waals surface area contributed by atoms with Crippen LogP contribution in [0.3, 0.4) is 0 Å². The second-order valence-corrected chi connectivity index (χ2v) is 5.61. The maximum absolute atomic E-state index is 11.7. The summed E-state index contributed by atoms with van der Waals surface area (Å²) in [5.41, 5.74) is 3.12. The van der Waals surface area contributed by atoms with Gasteiger partial charge in [-0.25, -0.2) is 5.43 Å². The van der Waals surface area contributed by atoms with Crippen molar-refractivity contribution in [2.24, 2.45) is 5.10 Å². The first-order valence-electron chi connectivity index (χ1n) is 7.94. The Morgan fingerprint density at radius 2 is 2.00 bits per heavy atom. The van der Waals surface area contributed by atoms with Gasteiger partial charge >= 0.3 is 11.8 Å². The zero-order valence-electron chi connectivity index (χ0n) is 13.2. The Labute approximate surface area is 139 Å². The lowest BCUT2D eigenvalue weighted by atomic mass is 10.1. The SMILES string of the molecule is O=C(NC[C@@H]1CCCO1)C(=O)N/N=C\c1cccc2ccccc12. The van der Waals surface area contributed by atoms with E-state index in [-0.39, 0.29) is 6.10 Å². The molecule has 1 aliphatic rings. The van der Waals surface area contributed by atoms with Gasteiger partial charge in [-0.3, -0.25) is 9.59 Å². The van der Waals surface area contributed by atoms with Crippen molar-refractivity contribution in [2.45, 2.75) is 18.9 Å². The van der Waals surface area contributed by atoms with Crippen LogP contribution in [0, 0.1) is 0 Å². The molecule has 0 unspecified atom stereocenters. The molecule has 6 heteroatoms. The van der Waals surface area contributed by atoms with Gasteiger partial charge in [-0.15, -0.1) is 0 Å². The van der Waals surface area contributed by atoms with Crippen LogP contribution in [0.5, 0.6) is 0 Å². The minimum atomic E-state index is -0.788. The average Bonchev–Trinajstić information content (AvgIpc) is 3.13. The van der Waals surface area contributed by atoms with E-state index < -0.39 is 11.8 Å². The summed E-state index contributed by atoms with van der Waals surface area (Å²) in [5, 5.41) is 8.54. The largest absolute Gasteiger partial charge is 0.376 e. The number of amides is 2. The van der Waals surface area contributed by atoms with Crippen molar-refractivity contribution in [3.8, 4) is 0 Å². The smallest absolute Gasteiger partial charge is 0.329 e. The highest BCUT2D eigenvalue weighted by Gasteiger charge is 2.18. The number of fused-ring (bicyclic) bond motifs is 1. The molecule has 0 saturated carbocycles. The highest BCUT2D eigenvalue weighted by atomic mass is 16.5. The molecule has 0 aromatic heterocycles. The standard InChI is InChI=1S/C18H19N3O3/c22-17(19-12-15-8-4-10-24-15)18(23)21-20-11-14-7-3-6-13-5-1-2-9-16(13)14/h1-3,5-7,9,11,15H,4,8,10,12H2,(H,19,22)(H,21,23)/b20-11-/t15-/m0/s1. The Morgan fingerprint density at radius 1 is 1.17 bits per heavy atom. The van der Waals surface area contributed by atoms with E-state index in [0.717, 1.165) is 29.2 Å². The summed E-state index contributed by atoms with van der Waals surface area (Å²) in [5.74, 6) is -1.50. The van der Waals surface area contributed by atoms with Crippen molar-refractivity contribution < 1.29 is 14.3 Å². The minimum Gasteiger partial charge on any atom is -0.376 e. The van der Waals surface area contributed by atoms with Gasteiger partial charge in [0.25, 0.3) is 0 Å². The highest BCUT2D eigenvalue weighted by Crippen LogP contribution is 2.16. The molecular weight excluding hydrogens is 306 g/mol. The van der Waals surface area contributed by atoms with Crippen LogP contribution in [0.25, 0.3) is 10.8 Å². The summed E-state index contributed by atoms with van der Waals surface area (Å²) >= 11 is 0. The van der Waals surface area contributed by atoms with E-state index in [4.69, 9.17) is 4.74 Å². The lowest BCUT2D eigenvalue weighted by Crippen LogP contribution is -2.41. The van der Waals surface area contributed by atoms with Crippen molar-refractivity contribution in [3.05, 3.63) is 48.0 Å². The Morgan fingerprint density at radius 3 is 2.83 bits per heavy atom. The van der Waals surface area contributed by atoms with Crippen LogP contribution in [-0.4, -0.2) is 37.3 Å². The first kappa shape index (κ1) is 16.1. The van der Waals surface area contributed by atoms with Gasteiger partial charge in [0.15, 0.2) is 0 Å². The van der Waals surface area contributed by atoms with Crippen molar-refractivity contribution in [1.82, 2.24) is 10.7 Å². The summed E-state index contributed by atoms with van der Waals surface area (Å²) in [4.78, 5) is 23.4. The number of ether oxygens (including phenoxy) is 1. The first-order valence-corrected chi connectivity index (χ1v) is 7.94. The molecule has 6 nitrogen and oxygen atoms in total. The Balaban J connectivity index is 1.54. The van der Waals surface area contributed by atoms with Gasteiger partial charge in [-0.05, 0) is 23.6 Å². The lowest BCUT2D eigenvalue weighted by molar-refractivity contribution is -0.139. The molecule has 0 spiro atoms. The summed E-state index contributed by atoms with van der Waals surface area (Å²) in [7, 11) is 0. The van der Waals surface area contributed by atoms with Gasteiger partial charge in [0.05, 0.1) is 12.3 Å². The van der Waals surface area contributed by atoms with Crippen molar-refractivity contribution >= 4 is 28.8 Å². The van der Waals surface area contributed by atoms with Crippen molar-refractivity contribution in [3.63, 3.8) is 0 Å². The first-order chi connectivity index (χ1) is 11.7. The van der Waals surface area contributed by atoms with Gasteiger partial charge < -0.3 is 10.1 Å². The van der Waals surface area contributed by atoms with Crippen LogP contribution in [0.15, 0.2) is 47.6 Å². The van der Waals surface area contributed by atoms with E-state index in [1.54, 1.807) is 0 Å². The molecule has 0 bridgehead atoms. The summed E-state index contributed by atoms with van der Waals surface area (Å²) < 4.78 is 5.39. The maximum atomic E-state index is 11.7. The fraction of sp³-hybridized carbons (Fsp3) is 0.278. The number of benzene rings is 2. The summed E-state index contributed by atoms with van der Waals surface area (Å²) in [6.07, 6.45) is 3.43. The highest BCUT2D eigenvalue weighted by molar-refractivity contribution is 6.35. The van der Waals surface area contributed by atoms with Crippen molar-refractivity contribution in [1.29, 1.82) is 0 Å². The number of nitrogens with one attached hydrogen (secondary N) is 2. The quantitative estimate of drug-likeness (QED) is 0.509. The number of carbonyl (C=O) groups is 2. The van der Waals surface area contributed by atoms with E-state index >= 15 is 0 Å². The zero-order chi connectivity index (χ0) is 16.8. The average molecular weight is 325 g/mol. The van der Waals surface area contributed by atoms with E-state index in [2.05, 4.69) is 15.8 Å². The molecular formula is C18H19N3O3. The number of nitrogens with zero attached hydrogens (tertiary/aromatic N) is 1. The molecule has 0 radical (unpaired) electrons. The molecule has 2 amide bonds. The third kappa shape index (κ3) is 3.97. The van der Waals surface area contributed by atoms with Crippen LogP contribution in [0.2, 0.25) is 0 Å². The molecule has 2 N–H and O–H groups in total. The number of hydrogen-bond acceptors (Lipinski definition) is 4. The van der Waals surface area contributed by atoms with Gasteiger partial charge in [0.1, 0.15) is 0 Å². The van der Waals surface area contributed by atoms with Gasteiger partial charge in [-0.1, -0.05) is 42.5 Å². The zero-order valence-corrected chi connectivity index (χ0v) is 13.2. The second kappa shape index (κ2) is 7.70. The fourth-order valence-electron chi connectivity index (χ4n) is 2.67. The molecule has 24 heavy (non-hydrogen) atoms. The van der Waals surface area contributed by atoms with Crippen LogP contribution in [-0.2, 0) is 14.3 Å². The molecule has 3 rings (SSSR count). The molecule has 0 aliphatic carbocycles. The predicted molar refractivity (Wildman–Crippen MR) is 91.7 cm³/mol. The van der Waals surface area contributed by atoms with E-state index in [1.165, 1.54) is 6.21 Å². The normalized spacial score (nSPS) is 17.2. The van der Waals surface area contributed by atoms with Crippen molar-refractivity contribution in [2.75, 3.05) is 13.2 Å². The van der Waals surface area contributed by atoms with Gasteiger partial charge in [0.2, 0.25) is 0 Å². The number of hydrazone groups is 1. The third-order valence-corrected chi connectivity index (χ3v) is 3.91. The van der Waals surface area contributed by atoms with Gasteiger partial charge in [0, 0.05) is 18.7 Å². The Bertz CT molecular complexity index is 762. The third-order valence-electron chi connectivity index (χ3n) is 3.91. The predicted octanol–water partition coefficient (Wildman–Crippen LogP) is 1.59. The Hall–Kier alpha value is -2.73. The second-order valence-electron chi connectivity index (χ2n) is 5.61.